The number of nitrogens with zero attached hydrogens (tertiary/aromatic N) is 1. The highest BCUT2D eigenvalue weighted by molar-refractivity contribution is 7.88. The molecule has 0 saturated heterocycles. The van der Waals surface area contributed by atoms with Crippen LogP contribution in [0.5, 0.6) is 0 Å². The predicted octanol–water partition coefficient (Wildman–Crippen LogP) is 0.173. The van der Waals surface area contributed by atoms with Crippen LogP contribution in [-0.2, 0) is 16.4 Å². The van der Waals surface area contributed by atoms with Crippen LogP contribution in [0, 0.1) is 0 Å². The Bertz CT molecular complexity index is 348. The van der Waals surface area contributed by atoms with E-state index in [1.54, 1.807) is 12.4 Å². The van der Waals surface area contributed by atoms with Gasteiger partial charge >= 0.3 is 0 Å². The van der Waals surface area contributed by atoms with Gasteiger partial charge in [-0.05, 0) is 18.1 Å². The van der Waals surface area contributed by atoms with E-state index in [9.17, 15) is 8.42 Å². The summed E-state index contributed by atoms with van der Waals surface area (Å²) < 4.78 is 23.8. The minimum absolute atomic E-state index is 0.421. The lowest BCUT2D eigenvalue weighted by Gasteiger charge is -2.01. The Labute approximate surface area is 78.1 Å². The van der Waals surface area contributed by atoms with E-state index in [4.69, 9.17) is 0 Å². The molecule has 0 saturated carbocycles. The van der Waals surface area contributed by atoms with Crippen molar-refractivity contribution in [3.8, 4) is 0 Å². The zero-order valence-corrected chi connectivity index (χ0v) is 8.21. The minimum Gasteiger partial charge on any atom is -0.264 e. The van der Waals surface area contributed by atoms with Crippen LogP contribution in [0.25, 0.3) is 0 Å². The fourth-order valence-corrected chi connectivity index (χ4v) is 1.40. The van der Waals surface area contributed by atoms with Crippen molar-refractivity contribution in [2.24, 2.45) is 0 Å². The van der Waals surface area contributed by atoms with E-state index in [0.29, 0.717) is 13.0 Å². The topological polar surface area (TPSA) is 59.1 Å². The average molecular weight is 200 g/mol. The first-order chi connectivity index (χ1) is 6.08. The average Bonchev–Trinajstić information content (AvgIpc) is 2.04. The second kappa shape index (κ2) is 4.34. The van der Waals surface area contributed by atoms with Gasteiger partial charge in [-0.1, -0.05) is 6.07 Å². The molecule has 0 aliphatic carbocycles. The summed E-state index contributed by atoms with van der Waals surface area (Å²) in [6, 6.07) is 3.74. The van der Waals surface area contributed by atoms with Gasteiger partial charge in [-0.15, -0.1) is 0 Å². The Balaban J connectivity index is 2.37. The molecular formula is C8H12N2O2S. The van der Waals surface area contributed by atoms with E-state index in [1.165, 1.54) is 0 Å². The molecule has 4 nitrogen and oxygen atoms in total. The van der Waals surface area contributed by atoms with Gasteiger partial charge in [-0.3, -0.25) is 4.98 Å². The van der Waals surface area contributed by atoms with Gasteiger partial charge < -0.3 is 0 Å². The van der Waals surface area contributed by atoms with E-state index < -0.39 is 10.0 Å². The molecule has 0 aliphatic rings. The maximum Gasteiger partial charge on any atom is 0.208 e. The first kappa shape index (κ1) is 10.1. The van der Waals surface area contributed by atoms with Crippen molar-refractivity contribution in [2.45, 2.75) is 6.42 Å². The molecule has 0 unspecified atom stereocenters. The van der Waals surface area contributed by atoms with Crippen molar-refractivity contribution in [2.75, 3.05) is 12.8 Å². The summed E-state index contributed by atoms with van der Waals surface area (Å²) in [5.41, 5.74) is 1.03. The molecule has 0 amide bonds. The Hall–Kier alpha value is -0.940. The molecule has 5 heteroatoms. The van der Waals surface area contributed by atoms with Crippen molar-refractivity contribution in [3.63, 3.8) is 0 Å². The number of rotatable bonds is 4. The molecule has 0 atom stereocenters. The van der Waals surface area contributed by atoms with Crippen LogP contribution >= 0.6 is 0 Å². The second-order valence-electron chi connectivity index (χ2n) is 2.78. The summed E-state index contributed by atoms with van der Waals surface area (Å²) in [6.07, 6.45) is 5.23. The van der Waals surface area contributed by atoms with Crippen molar-refractivity contribution >= 4 is 10.0 Å². The normalized spacial score (nSPS) is 11.5. The Morgan fingerprint density at radius 2 is 2.31 bits per heavy atom. The van der Waals surface area contributed by atoms with Crippen LogP contribution in [-0.4, -0.2) is 26.2 Å². The maximum atomic E-state index is 10.7. The highest BCUT2D eigenvalue weighted by Gasteiger charge is 1.99. The molecule has 1 rings (SSSR count). The first-order valence-electron chi connectivity index (χ1n) is 3.91. The number of nitrogens with one attached hydrogen (secondary N) is 1. The number of hydrogen-bond acceptors (Lipinski definition) is 3. The van der Waals surface area contributed by atoms with Crippen LogP contribution in [0.2, 0.25) is 0 Å². The summed E-state index contributed by atoms with van der Waals surface area (Å²) in [4.78, 5) is 3.92. The Morgan fingerprint density at radius 3 is 2.85 bits per heavy atom. The molecule has 0 bridgehead atoms. The molecule has 1 N–H and O–H groups in total. The monoisotopic (exact) mass is 200 g/mol. The summed E-state index contributed by atoms with van der Waals surface area (Å²) in [5, 5.41) is 0. The van der Waals surface area contributed by atoms with Gasteiger partial charge in [0.05, 0.1) is 6.26 Å². The molecule has 13 heavy (non-hydrogen) atoms. The van der Waals surface area contributed by atoms with Gasteiger partial charge in [0, 0.05) is 18.9 Å². The fraction of sp³-hybridized carbons (Fsp3) is 0.375. The lowest BCUT2D eigenvalue weighted by Crippen LogP contribution is -2.24. The maximum absolute atomic E-state index is 10.7. The standard InChI is InChI=1S/C8H12N2O2S/c1-13(11,12)10-6-4-8-3-2-5-9-7-8/h2-3,5,7,10H,4,6H2,1H3. The summed E-state index contributed by atoms with van der Waals surface area (Å²) in [6.45, 7) is 0.421. The van der Waals surface area contributed by atoms with Gasteiger partial charge in [0.25, 0.3) is 0 Å². The number of sulfonamides is 1. The first-order valence-corrected chi connectivity index (χ1v) is 5.80. The van der Waals surface area contributed by atoms with Gasteiger partial charge in [0.15, 0.2) is 0 Å². The Morgan fingerprint density at radius 1 is 1.54 bits per heavy atom. The second-order valence-corrected chi connectivity index (χ2v) is 4.61. The molecule has 1 aromatic rings. The third-order valence-electron chi connectivity index (χ3n) is 1.50. The van der Waals surface area contributed by atoms with Gasteiger partial charge in [-0.25, -0.2) is 13.1 Å². The zero-order valence-electron chi connectivity index (χ0n) is 7.40. The molecule has 0 fully saturated rings. The molecule has 72 valence electrons. The molecule has 1 heterocycles. The third-order valence-corrected chi connectivity index (χ3v) is 2.23. The lowest BCUT2D eigenvalue weighted by atomic mass is 10.2. The number of hydrogen-bond donors (Lipinski definition) is 1. The van der Waals surface area contributed by atoms with Crippen LogP contribution in [0.4, 0.5) is 0 Å². The van der Waals surface area contributed by atoms with Gasteiger partial charge in [0.2, 0.25) is 10.0 Å². The van der Waals surface area contributed by atoms with Crippen molar-refractivity contribution in [1.82, 2.24) is 9.71 Å². The van der Waals surface area contributed by atoms with E-state index in [1.807, 2.05) is 12.1 Å². The largest absolute Gasteiger partial charge is 0.264 e. The van der Waals surface area contributed by atoms with E-state index in [-0.39, 0.29) is 0 Å². The quantitative estimate of drug-likeness (QED) is 0.754. The fourth-order valence-electron chi connectivity index (χ4n) is 0.927. The van der Waals surface area contributed by atoms with Gasteiger partial charge in [0.1, 0.15) is 0 Å². The number of pyridine rings is 1. The number of aromatic nitrogens is 1. The van der Waals surface area contributed by atoms with E-state index in [2.05, 4.69) is 9.71 Å². The summed E-state index contributed by atoms with van der Waals surface area (Å²) >= 11 is 0. The van der Waals surface area contributed by atoms with Crippen LogP contribution in [0.1, 0.15) is 5.56 Å². The van der Waals surface area contributed by atoms with Crippen LogP contribution < -0.4 is 4.72 Å². The SMILES string of the molecule is CS(=O)(=O)NCCc1cccnc1. The summed E-state index contributed by atoms with van der Waals surface area (Å²) in [7, 11) is -3.06. The Kier molecular flexibility index (Phi) is 3.39. The van der Waals surface area contributed by atoms with E-state index >= 15 is 0 Å². The van der Waals surface area contributed by atoms with Gasteiger partial charge in [-0.2, -0.15) is 0 Å². The molecular weight excluding hydrogens is 188 g/mol. The van der Waals surface area contributed by atoms with Crippen molar-refractivity contribution in [1.29, 1.82) is 0 Å². The van der Waals surface area contributed by atoms with Crippen molar-refractivity contribution < 1.29 is 8.42 Å². The van der Waals surface area contributed by atoms with Crippen molar-refractivity contribution in [3.05, 3.63) is 30.1 Å². The lowest BCUT2D eigenvalue weighted by molar-refractivity contribution is 0.588. The third kappa shape index (κ3) is 4.59. The summed E-state index contributed by atoms with van der Waals surface area (Å²) in [5.74, 6) is 0. The highest BCUT2D eigenvalue weighted by atomic mass is 32.2. The van der Waals surface area contributed by atoms with E-state index in [0.717, 1.165) is 11.8 Å². The molecule has 0 aromatic carbocycles. The van der Waals surface area contributed by atoms with Crippen LogP contribution in [0.15, 0.2) is 24.5 Å². The zero-order chi connectivity index (χ0) is 9.73. The predicted molar refractivity (Wildman–Crippen MR) is 50.8 cm³/mol. The molecule has 1 aromatic heterocycles. The highest BCUT2D eigenvalue weighted by Crippen LogP contribution is 1.95. The minimum atomic E-state index is -3.06. The molecule has 0 radical (unpaired) electrons. The van der Waals surface area contributed by atoms with Crippen LogP contribution in [0.3, 0.4) is 0 Å². The molecule has 0 spiro atoms. The molecule has 0 aliphatic heterocycles. The smallest absolute Gasteiger partial charge is 0.208 e.